The minimum absolute atomic E-state index is 0.0257. The normalized spacial score (nSPS) is 15.5. The SMILES string of the molecule is CCCC(C(=O)NCC1CC1)c1c(C(=O)C(C)(C)C)oc2ccc(OC)cc12. The summed E-state index contributed by atoms with van der Waals surface area (Å²) in [7, 11) is 1.61. The maximum atomic E-state index is 13.2. The molecule has 0 radical (unpaired) electrons. The lowest BCUT2D eigenvalue weighted by atomic mass is 9.83. The monoisotopic (exact) mass is 385 g/mol. The largest absolute Gasteiger partial charge is 0.497 e. The second kappa shape index (κ2) is 7.98. The van der Waals surface area contributed by atoms with E-state index in [0.717, 1.165) is 11.8 Å². The number of Topliss-reactive ketones (excluding diaryl/α,β-unsaturated/α-hetero) is 1. The molecule has 1 saturated carbocycles. The lowest BCUT2D eigenvalue weighted by molar-refractivity contribution is -0.122. The Morgan fingerprint density at radius 2 is 2.00 bits per heavy atom. The van der Waals surface area contributed by atoms with Gasteiger partial charge in [-0.15, -0.1) is 0 Å². The van der Waals surface area contributed by atoms with E-state index in [4.69, 9.17) is 9.15 Å². The number of methoxy groups -OCH3 is 1. The number of amides is 1. The van der Waals surface area contributed by atoms with Crippen LogP contribution in [0.1, 0.15) is 75.4 Å². The lowest BCUT2D eigenvalue weighted by Gasteiger charge is -2.20. The third kappa shape index (κ3) is 4.23. The summed E-state index contributed by atoms with van der Waals surface area (Å²) in [5.74, 6) is 1.05. The minimum Gasteiger partial charge on any atom is -0.497 e. The maximum absolute atomic E-state index is 13.2. The van der Waals surface area contributed by atoms with Gasteiger partial charge in [0.15, 0.2) is 5.76 Å². The standard InChI is InChI=1S/C23H31NO4/c1-6-7-16(22(26)24-13-14-8-9-14)19-17-12-15(27-5)10-11-18(17)28-20(19)21(25)23(2,3)4/h10-12,14,16H,6-9,13H2,1-5H3,(H,24,26). The summed E-state index contributed by atoms with van der Waals surface area (Å²) < 4.78 is 11.4. The zero-order valence-electron chi connectivity index (χ0n) is 17.6. The summed E-state index contributed by atoms with van der Waals surface area (Å²) in [6.07, 6.45) is 3.85. The number of hydrogen-bond acceptors (Lipinski definition) is 4. The van der Waals surface area contributed by atoms with Gasteiger partial charge in [-0.25, -0.2) is 0 Å². The molecule has 0 spiro atoms. The first-order valence-electron chi connectivity index (χ1n) is 10.2. The van der Waals surface area contributed by atoms with Crippen LogP contribution in [0.15, 0.2) is 22.6 Å². The van der Waals surface area contributed by atoms with Gasteiger partial charge in [-0.05, 0) is 43.4 Å². The highest BCUT2D eigenvalue weighted by molar-refractivity contribution is 6.05. The van der Waals surface area contributed by atoms with Crippen LogP contribution >= 0.6 is 0 Å². The summed E-state index contributed by atoms with van der Waals surface area (Å²) in [4.78, 5) is 26.3. The van der Waals surface area contributed by atoms with Gasteiger partial charge in [-0.2, -0.15) is 0 Å². The fourth-order valence-electron chi connectivity index (χ4n) is 3.46. The Morgan fingerprint density at radius 3 is 2.57 bits per heavy atom. The number of carbonyl (C=O) groups excluding carboxylic acids is 2. The van der Waals surface area contributed by atoms with Crippen LogP contribution in [0.4, 0.5) is 0 Å². The second-order valence-electron chi connectivity index (χ2n) is 8.82. The van der Waals surface area contributed by atoms with Gasteiger partial charge in [0.05, 0.1) is 13.0 Å². The molecule has 1 aromatic carbocycles. The fraction of sp³-hybridized carbons (Fsp3) is 0.565. The molecule has 1 unspecified atom stereocenters. The summed E-state index contributed by atoms with van der Waals surface area (Å²) in [5.41, 5.74) is 0.706. The van der Waals surface area contributed by atoms with E-state index < -0.39 is 11.3 Å². The highest BCUT2D eigenvalue weighted by Crippen LogP contribution is 2.39. The number of rotatable bonds is 8. The van der Waals surface area contributed by atoms with E-state index >= 15 is 0 Å². The van der Waals surface area contributed by atoms with Crippen LogP contribution in [0.25, 0.3) is 11.0 Å². The first-order valence-corrected chi connectivity index (χ1v) is 10.2. The van der Waals surface area contributed by atoms with Gasteiger partial charge in [-0.3, -0.25) is 9.59 Å². The predicted octanol–water partition coefficient (Wildman–Crippen LogP) is 5.08. The van der Waals surface area contributed by atoms with Crippen molar-refractivity contribution in [2.24, 2.45) is 11.3 Å². The average molecular weight is 386 g/mol. The smallest absolute Gasteiger partial charge is 0.227 e. The number of benzene rings is 1. The van der Waals surface area contributed by atoms with E-state index in [1.807, 2.05) is 39.0 Å². The second-order valence-corrected chi connectivity index (χ2v) is 8.82. The minimum atomic E-state index is -0.603. The Kier molecular flexibility index (Phi) is 5.82. The number of nitrogens with one attached hydrogen (secondary N) is 1. The Labute approximate surface area is 166 Å². The molecular formula is C23H31NO4. The van der Waals surface area contributed by atoms with E-state index in [9.17, 15) is 9.59 Å². The molecule has 1 amide bonds. The van der Waals surface area contributed by atoms with Crippen molar-refractivity contribution in [3.8, 4) is 5.75 Å². The van der Waals surface area contributed by atoms with Gasteiger partial charge < -0.3 is 14.5 Å². The van der Waals surface area contributed by atoms with Crippen LogP contribution in [-0.4, -0.2) is 25.3 Å². The Hall–Kier alpha value is -2.30. The summed E-state index contributed by atoms with van der Waals surface area (Å²) in [6.45, 7) is 8.37. The number of furan rings is 1. The number of fused-ring (bicyclic) bond motifs is 1. The van der Waals surface area contributed by atoms with Crippen molar-refractivity contribution in [2.75, 3.05) is 13.7 Å². The molecule has 28 heavy (non-hydrogen) atoms. The molecule has 1 aliphatic rings. The topological polar surface area (TPSA) is 68.5 Å². The molecule has 1 fully saturated rings. The molecule has 5 nitrogen and oxygen atoms in total. The van der Waals surface area contributed by atoms with Crippen LogP contribution in [0.5, 0.6) is 5.75 Å². The van der Waals surface area contributed by atoms with E-state index in [1.54, 1.807) is 7.11 Å². The Bertz CT molecular complexity index is 871. The average Bonchev–Trinajstić information content (AvgIpc) is 3.41. The summed E-state index contributed by atoms with van der Waals surface area (Å²) in [6, 6.07) is 5.48. The van der Waals surface area contributed by atoms with E-state index in [1.165, 1.54) is 12.8 Å². The molecule has 1 atom stereocenters. The summed E-state index contributed by atoms with van der Waals surface area (Å²) in [5, 5.41) is 3.88. The molecule has 1 N–H and O–H groups in total. The van der Waals surface area contributed by atoms with Gasteiger partial charge >= 0.3 is 0 Å². The molecule has 0 bridgehead atoms. The van der Waals surface area contributed by atoms with Crippen LogP contribution in [0.2, 0.25) is 0 Å². The third-order valence-corrected chi connectivity index (χ3v) is 5.33. The number of hydrogen-bond donors (Lipinski definition) is 1. The molecule has 3 rings (SSSR count). The summed E-state index contributed by atoms with van der Waals surface area (Å²) >= 11 is 0. The van der Waals surface area contributed by atoms with Gasteiger partial charge in [0, 0.05) is 22.9 Å². The van der Waals surface area contributed by atoms with E-state index in [2.05, 4.69) is 12.2 Å². The van der Waals surface area contributed by atoms with Crippen molar-refractivity contribution in [2.45, 2.75) is 59.3 Å². The predicted molar refractivity (Wildman–Crippen MR) is 110 cm³/mol. The first-order chi connectivity index (χ1) is 13.3. The highest BCUT2D eigenvalue weighted by Gasteiger charge is 2.35. The zero-order chi connectivity index (χ0) is 20.5. The quantitative estimate of drug-likeness (QED) is 0.643. The lowest BCUT2D eigenvalue weighted by Crippen LogP contribution is -2.32. The fourth-order valence-corrected chi connectivity index (χ4v) is 3.46. The van der Waals surface area contributed by atoms with Gasteiger partial charge in [-0.1, -0.05) is 34.1 Å². The maximum Gasteiger partial charge on any atom is 0.227 e. The Balaban J connectivity index is 2.11. The van der Waals surface area contributed by atoms with Gasteiger partial charge in [0.2, 0.25) is 11.7 Å². The molecule has 2 aromatic rings. The molecule has 1 aromatic heterocycles. The van der Waals surface area contributed by atoms with Gasteiger partial charge in [0.25, 0.3) is 0 Å². The van der Waals surface area contributed by atoms with Crippen LogP contribution in [0.3, 0.4) is 0 Å². The van der Waals surface area contributed by atoms with Crippen molar-refractivity contribution in [3.05, 3.63) is 29.5 Å². The molecular weight excluding hydrogens is 354 g/mol. The first kappa shape index (κ1) is 20.4. The van der Waals surface area contributed by atoms with Crippen LogP contribution < -0.4 is 10.1 Å². The molecule has 0 saturated heterocycles. The highest BCUT2D eigenvalue weighted by atomic mass is 16.5. The molecule has 1 heterocycles. The van der Waals surface area contributed by atoms with E-state index in [-0.39, 0.29) is 11.7 Å². The van der Waals surface area contributed by atoms with Gasteiger partial charge in [0.1, 0.15) is 11.3 Å². The molecule has 152 valence electrons. The van der Waals surface area contributed by atoms with Crippen molar-refractivity contribution < 1.29 is 18.7 Å². The van der Waals surface area contributed by atoms with Crippen LogP contribution in [0, 0.1) is 11.3 Å². The van der Waals surface area contributed by atoms with Crippen molar-refractivity contribution in [3.63, 3.8) is 0 Å². The van der Waals surface area contributed by atoms with E-state index in [0.29, 0.717) is 41.5 Å². The Morgan fingerprint density at radius 1 is 1.29 bits per heavy atom. The van der Waals surface area contributed by atoms with Crippen molar-refractivity contribution in [1.29, 1.82) is 0 Å². The van der Waals surface area contributed by atoms with Crippen LogP contribution in [-0.2, 0) is 4.79 Å². The molecule has 1 aliphatic carbocycles. The number of ether oxygens (including phenoxy) is 1. The molecule has 5 heteroatoms. The zero-order valence-corrected chi connectivity index (χ0v) is 17.6. The van der Waals surface area contributed by atoms with Crippen molar-refractivity contribution >= 4 is 22.7 Å². The molecule has 0 aliphatic heterocycles. The third-order valence-electron chi connectivity index (χ3n) is 5.33. The van der Waals surface area contributed by atoms with Crippen molar-refractivity contribution in [1.82, 2.24) is 5.32 Å². The number of carbonyl (C=O) groups is 2. The number of ketones is 1.